The Hall–Kier alpha value is -6.25. The maximum absolute atomic E-state index is 13.5. The number of benzene rings is 3. The molecule has 18 heteroatoms. The van der Waals surface area contributed by atoms with Gasteiger partial charge in [-0.2, -0.15) is 4.73 Å². The summed E-state index contributed by atoms with van der Waals surface area (Å²) < 4.78 is 24.4. The molecule has 1 aliphatic heterocycles. The molecule has 6 aromatic rings. The van der Waals surface area contributed by atoms with E-state index in [1.54, 1.807) is 30.6 Å². The molecule has 0 radical (unpaired) electrons. The van der Waals surface area contributed by atoms with Crippen LogP contribution in [-0.2, 0) is 19.1 Å². The van der Waals surface area contributed by atoms with Gasteiger partial charge in [0.05, 0.1) is 22.7 Å². The molecule has 9 N–H and O–H groups in total. The molecule has 8 unspecified atom stereocenters. The van der Waals surface area contributed by atoms with E-state index in [2.05, 4.69) is 10.3 Å². The van der Waals surface area contributed by atoms with Gasteiger partial charge in [-0.15, -0.1) is 0 Å². The molecule has 4 heterocycles. The highest BCUT2D eigenvalue weighted by Gasteiger charge is 2.53. The van der Waals surface area contributed by atoms with Crippen LogP contribution in [-0.4, -0.2) is 114 Å². The zero-order valence-electron chi connectivity index (χ0n) is 32.4. The maximum atomic E-state index is 13.5. The third-order valence-electron chi connectivity index (χ3n) is 10.4. The first kappa shape index (κ1) is 41.9. The molecule has 7 rings (SSSR count). The molecular formula is C42H43N3O15. The number of carbonyl (C=O) groups excluding carboxylic acids is 1. The number of ether oxygens (including phenoxy) is 3. The summed E-state index contributed by atoms with van der Waals surface area (Å²) in [5.41, 5.74) is 1.75. The van der Waals surface area contributed by atoms with Crippen LogP contribution in [0.1, 0.15) is 17.5 Å². The van der Waals surface area contributed by atoms with E-state index in [-0.39, 0.29) is 28.0 Å². The Morgan fingerprint density at radius 1 is 1.00 bits per heavy atom. The van der Waals surface area contributed by atoms with Crippen molar-refractivity contribution in [2.75, 3.05) is 13.7 Å². The van der Waals surface area contributed by atoms with Crippen LogP contribution in [0.5, 0.6) is 11.5 Å². The second-order valence-corrected chi connectivity index (χ2v) is 14.6. The van der Waals surface area contributed by atoms with E-state index < -0.39 is 79.0 Å². The van der Waals surface area contributed by atoms with Crippen LogP contribution in [0, 0.1) is 19.8 Å². The highest BCUT2D eigenvalue weighted by atomic mass is 16.8. The van der Waals surface area contributed by atoms with Gasteiger partial charge in [-0.25, -0.2) is 0 Å². The number of phenolic OH excluding ortho intramolecular Hbond substituents is 1. The predicted octanol–water partition coefficient (Wildman–Crippen LogP) is 1.91. The van der Waals surface area contributed by atoms with E-state index in [4.69, 9.17) is 23.5 Å². The molecule has 1 aliphatic rings. The molecule has 0 saturated carbocycles. The topological polar surface area (TPSA) is 276 Å². The molecule has 60 heavy (non-hydrogen) atoms. The van der Waals surface area contributed by atoms with Gasteiger partial charge >= 0.3 is 11.9 Å². The number of H-pyrrole nitrogens is 1. The van der Waals surface area contributed by atoms with E-state index >= 15 is 0 Å². The molecule has 1 saturated heterocycles. The average Bonchev–Trinajstić information content (AvgIpc) is 3.79. The Morgan fingerprint density at radius 2 is 1.72 bits per heavy atom. The molecule has 8 atom stereocenters. The van der Waals surface area contributed by atoms with Crippen molar-refractivity contribution in [2.24, 2.45) is 5.92 Å². The molecule has 0 bridgehead atoms. The van der Waals surface area contributed by atoms with Crippen LogP contribution in [0.25, 0.3) is 44.3 Å². The number of esters is 1. The number of nitrogens with zero attached hydrogens (tertiary/aromatic N) is 1. The van der Waals surface area contributed by atoms with E-state index in [1.807, 2.05) is 32.0 Å². The molecule has 18 nitrogen and oxygen atoms in total. The van der Waals surface area contributed by atoms with Gasteiger partial charge in [-0.1, -0.05) is 29.3 Å². The minimum atomic E-state index is -2.52. The summed E-state index contributed by atoms with van der Waals surface area (Å²) in [6.45, 7) is 3.13. The smallest absolute Gasteiger partial charge is 0.327 e. The van der Waals surface area contributed by atoms with Gasteiger partial charge in [0.25, 0.3) is 0 Å². The number of nitrogens with one attached hydrogen (secondary N) is 2. The largest absolute Gasteiger partial charge is 0.508 e. The molecule has 3 aromatic carbocycles. The van der Waals surface area contributed by atoms with Gasteiger partial charge in [0.15, 0.2) is 17.5 Å². The molecule has 3 aromatic heterocycles. The summed E-state index contributed by atoms with van der Waals surface area (Å²) in [6.07, 6.45) is -7.85. The predicted molar refractivity (Wildman–Crippen MR) is 211 cm³/mol. The van der Waals surface area contributed by atoms with Gasteiger partial charge in [-0.3, -0.25) is 19.7 Å². The van der Waals surface area contributed by atoms with E-state index in [9.17, 15) is 50.1 Å². The number of carboxylic acid groups (broad SMARTS) is 1. The van der Waals surface area contributed by atoms with Crippen LogP contribution in [0.2, 0.25) is 0 Å². The Bertz CT molecular complexity index is 2560. The van der Waals surface area contributed by atoms with Crippen molar-refractivity contribution < 1.29 is 68.8 Å². The van der Waals surface area contributed by atoms with Crippen molar-refractivity contribution in [3.63, 3.8) is 0 Å². The average molecular weight is 830 g/mol. The summed E-state index contributed by atoms with van der Waals surface area (Å²) in [5.74, 6) is -5.89. The van der Waals surface area contributed by atoms with Gasteiger partial charge in [-0.05, 0) is 68.9 Å². The molecule has 0 spiro atoms. The number of hydrogen-bond donors (Lipinski definition) is 9. The molecule has 0 aliphatic carbocycles. The normalized spacial score (nSPS) is 21.3. The van der Waals surface area contributed by atoms with Gasteiger partial charge < -0.3 is 64.2 Å². The SMILES string of the molecule is CNC(O)(CCO)C(C(=O)O)C(=O)OC(O)C1OC(Oc2ccc3c(=O)c(-c4ccc(O)cc4)coc3c2)C(On2cc3cc[nH]c3c2-c2cc(C)cc(C)c2)C(O)C1O. The van der Waals surface area contributed by atoms with Crippen LogP contribution in [0.3, 0.4) is 0 Å². The third-order valence-corrected chi connectivity index (χ3v) is 10.4. The lowest BCUT2D eigenvalue weighted by atomic mass is 9.92. The highest BCUT2D eigenvalue weighted by molar-refractivity contribution is 5.95. The number of aliphatic hydroxyl groups excluding tert-OH is 4. The Balaban J connectivity index is 1.24. The third kappa shape index (κ3) is 8.04. The minimum absolute atomic E-state index is 0.00128. The second-order valence-electron chi connectivity index (χ2n) is 14.6. The van der Waals surface area contributed by atoms with Crippen LogP contribution in [0.15, 0.2) is 94.6 Å². The quantitative estimate of drug-likeness (QED) is 0.0431. The second kappa shape index (κ2) is 16.8. The molecule has 0 amide bonds. The number of rotatable bonds is 14. The fourth-order valence-electron chi connectivity index (χ4n) is 7.39. The summed E-state index contributed by atoms with van der Waals surface area (Å²) in [6, 6.07) is 17.8. The number of hydrogen-bond acceptors (Lipinski definition) is 15. The van der Waals surface area contributed by atoms with Gasteiger partial charge in [0, 0.05) is 36.2 Å². The first-order chi connectivity index (χ1) is 28.6. The molecule has 316 valence electrons. The number of aromatic nitrogens is 2. The van der Waals surface area contributed by atoms with Crippen molar-refractivity contribution in [2.45, 2.75) is 63.0 Å². The number of phenols is 1. The monoisotopic (exact) mass is 829 g/mol. The van der Waals surface area contributed by atoms with Gasteiger partial charge in [0.2, 0.25) is 18.7 Å². The van der Waals surface area contributed by atoms with Crippen molar-refractivity contribution in [3.05, 3.63) is 107 Å². The van der Waals surface area contributed by atoms with Crippen LogP contribution < -0.4 is 20.3 Å². The Morgan fingerprint density at radius 3 is 2.38 bits per heavy atom. The summed E-state index contributed by atoms with van der Waals surface area (Å²) in [7, 11) is 1.14. The fourth-order valence-corrected chi connectivity index (χ4v) is 7.39. The summed E-state index contributed by atoms with van der Waals surface area (Å²) in [4.78, 5) is 48.4. The number of aliphatic hydroxyl groups is 5. The molecule has 1 fully saturated rings. The van der Waals surface area contributed by atoms with Crippen molar-refractivity contribution in [1.29, 1.82) is 0 Å². The first-order valence-corrected chi connectivity index (χ1v) is 18.7. The Labute approximate surface area is 340 Å². The lowest BCUT2D eigenvalue weighted by Gasteiger charge is -2.43. The minimum Gasteiger partial charge on any atom is -0.508 e. The van der Waals surface area contributed by atoms with Crippen molar-refractivity contribution in [1.82, 2.24) is 15.0 Å². The van der Waals surface area contributed by atoms with E-state index in [0.29, 0.717) is 16.8 Å². The lowest BCUT2D eigenvalue weighted by Crippen LogP contribution is -2.65. The summed E-state index contributed by atoms with van der Waals surface area (Å²) >= 11 is 0. The molecular weight excluding hydrogens is 786 g/mol. The highest BCUT2D eigenvalue weighted by Crippen LogP contribution is 2.34. The Kier molecular flexibility index (Phi) is 11.7. The zero-order chi connectivity index (χ0) is 43.0. The van der Waals surface area contributed by atoms with Gasteiger partial charge in [0.1, 0.15) is 47.0 Å². The van der Waals surface area contributed by atoms with E-state index in [1.165, 1.54) is 41.3 Å². The standard InChI is InChI=1S/C42H43N3O15/c1-20-14-21(2)16-24(15-20)32-31-23(10-12-44-31)18-45(32)60-37-35(50)34(49)36(40(54)59-39(53)30(38(51)52)42(55,43-3)11-13-46)58-41(37)57-26-8-9-27-29(17-26)56-19-28(33(27)48)22-4-6-25(47)7-5-22/h4-10,12,14-19,30,34-37,40-41,43-44,46-47,49-50,54-55H,11,13H2,1-3H3,(H,51,52). The number of aromatic amines is 1. The summed E-state index contributed by atoms with van der Waals surface area (Å²) in [5, 5.41) is 77.2. The number of aliphatic carboxylic acids is 1. The maximum Gasteiger partial charge on any atom is 0.327 e. The lowest BCUT2D eigenvalue weighted by molar-refractivity contribution is -0.319. The van der Waals surface area contributed by atoms with Crippen LogP contribution >= 0.6 is 0 Å². The zero-order valence-corrected chi connectivity index (χ0v) is 32.4. The fraction of sp³-hybridized carbons (Fsp3) is 0.310. The van der Waals surface area contributed by atoms with Crippen LogP contribution in [0.4, 0.5) is 0 Å². The first-order valence-electron chi connectivity index (χ1n) is 18.7. The van der Waals surface area contributed by atoms with E-state index in [0.717, 1.165) is 29.1 Å². The van der Waals surface area contributed by atoms with Crippen molar-refractivity contribution in [3.8, 4) is 33.9 Å². The number of aromatic hydroxyl groups is 1. The number of carbonyl (C=O) groups is 2. The number of fused-ring (bicyclic) bond motifs is 2. The number of aryl methyl sites for hydroxylation is 2. The van der Waals surface area contributed by atoms with Crippen molar-refractivity contribution >= 4 is 33.8 Å². The number of carboxylic acids is 1.